The van der Waals surface area contributed by atoms with Crippen molar-refractivity contribution >= 4 is 28.3 Å². The molecule has 1 aromatic carbocycles. The Morgan fingerprint density at radius 2 is 2.00 bits per heavy atom. The number of carbonyl (C=O) groups is 1. The third-order valence-corrected chi connectivity index (χ3v) is 4.52. The SMILES string of the molecule is C[C@@H](OC(=O)c1cc2ccccc2oc1=O)c1nnc(-c2cccs2)o1. The van der Waals surface area contributed by atoms with Gasteiger partial charge in [0.15, 0.2) is 6.10 Å². The van der Waals surface area contributed by atoms with Crippen LogP contribution in [0.25, 0.3) is 21.7 Å². The van der Waals surface area contributed by atoms with Gasteiger partial charge >= 0.3 is 11.6 Å². The van der Waals surface area contributed by atoms with Crippen LogP contribution >= 0.6 is 11.3 Å². The van der Waals surface area contributed by atoms with Gasteiger partial charge in [0, 0.05) is 5.39 Å². The zero-order valence-corrected chi connectivity index (χ0v) is 14.4. The van der Waals surface area contributed by atoms with E-state index < -0.39 is 17.7 Å². The lowest BCUT2D eigenvalue weighted by molar-refractivity contribution is 0.0275. The van der Waals surface area contributed by atoms with Gasteiger partial charge in [-0.25, -0.2) is 9.59 Å². The molecule has 7 nitrogen and oxygen atoms in total. The van der Waals surface area contributed by atoms with E-state index in [-0.39, 0.29) is 11.5 Å². The normalized spacial score (nSPS) is 12.2. The molecule has 0 radical (unpaired) electrons. The minimum absolute atomic E-state index is 0.145. The number of hydrogen-bond donors (Lipinski definition) is 0. The van der Waals surface area contributed by atoms with Crippen LogP contribution in [-0.2, 0) is 4.74 Å². The summed E-state index contributed by atoms with van der Waals surface area (Å²) in [6.45, 7) is 1.59. The lowest BCUT2D eigenvalue weighted by Crippen LogP contribution is -2.18. The van der Waals surface area contributed by atoms with Crippen LogP contribution in [0.1, 0.15) is 29.3 Å². The van der Waals surface area contributed by atoms with Crippen molar-refractivity contribution in [3.63, 3.8) is 0 Å². The van der Waals surface area contributed by atoms with Gasteiger partial charge in [-0.1, -0.05) is 24.3 Å². The first-order chi connectivity index (χ1) is 12.6. The van der Waals surface area contributed by atoms with Crippen LogP contribution in [-0.4, -0.2) is 16.2 Å². The Morgan fingerprint density at radius 3 is 2.81 bits per heavy atom. The number of carbonyl (C=O) groups excluding carboxylic acids is 1. The van der Waals surface area contributed by atoms with Gasteiger partial charge < -0.3 is 13.6 Å². The Bertz CT molecular complexity index is 1130. The third-order valence-electron chi connectivity index (χ3n) is 3.67. The van der Waals surface area contributed by atoms with Crippen molar-refractivity contribution in [2.75, 3.05) is 0 Å². The van der Waals surface area contributed by atoms with Crippen LogP contribution in [0.2, 0.25) is 0 Å². The van der Waals surface area contributed by atoms with E-state index in [1.54, 1.807) is 31.2 Å². The van der Waals surface area contributed by atoms with Crippen molar-refractivity contribution < 1.29 is 18.4 Å². The molecule has 0 amide bonds. The molecule has 0 bridgehead atoms. The fraction of sp³-hybridized carbons (Fsp3) is 0.111. The number of fused-ring (bicyclic) bond motifs is 1. The highest BCUT2D eigenvalue weighted by Gasteiger charge is 2.22. The zero-order valence-electron chi connectivity index (χ0n) is 13.5. The van der Waals surface area contributed by atoms with E-state index in [0.717, 1.165) is 4.88 Å². The predicted octanol–water partition coefficient (Wildman–Crippen LogP) is 3.82. The fourth-order valence-electron chi connectivity index (χ4n) is 2.38. The molecule has 0 saturated heterocycles. The molecule has 1 atom stereocenters. The smallest absolute Gasteiger partial charge is 0.351 e. The molecule has 130 valence electrons. The van der Waals surface area contributed by atoms with Crippen LogP contribution in [0.5, 0.6) is 0 Å². The highest BCUT2D eigenvalue weighted by Crippen LogP contribution is 2.26. The molecule has 0 unspecified atom stereocenters. The average Bonchev–Trinajstić information content (AvgIpc) is 3.32. The van der Waals surface area contributed by atoms with Gasteiger partial charge in [0.05, 0.1) is 4.88 Å². The Labute approximate surface area is 150 Å². The summed E-state index contributed by atoms with van der Waals surface area (Å²) < 4.78 is 16.0. The van der Waals surface area contributed by atoms with Crippen LogP contribution in [0.4, 0.5) is 0 Å². The molecule has 4 aromatic rings. The van der Waals surface area contributed by atoms with Crippen molar-refractivity contribution in [2.24, 2.45) is 0 Å². The highest BCUT2D eigenvalue weighted by atomic mass is 32.1. The molecule has 0 aliphatic carbocycles. The molecular weight excluding hydrogens is 356 g/mol. The Hall–Kier alpha value is -3.26. The summed E-state index contributed by atoms with van der Waals surface area (Å²) in [5.74, 6) is -0.317. The number of aromatic nitrogens is 2. The number of esters is 1. The number of nitrogens with zero attached hydrogens (tertiary/aromatic N) is 2. The maximum Gasteiger partial charge on any atom is 0.351 e. The third kappa shape index (κ3) is 3.02. The number of benzene rings is 1. The van der Waals surface area contributed by atoms with Crippen molar-refractivity contribution in [3.8, 4) is 10.8 Å². The second kappa shape index (κ2) is 6.57. The standard InChI is InChI=1S/C18H12N2O5S/c1-10(15-19-20-16(25-15)14-7-4-8-26-14)23-17(21)12-9-11-5-2-3-6-13(11)24-18(12)22/h2-10H,1H3/t10-/m1/s1. The number of rotatable bonds is 4. The van der Waals surface area contributed by atoms with Gasteiger partial charge in [-0.15, -0.1) is 21.5 Å². The van der Waals surface area contributed by atoms with Gasteiger partial charge in [0.2, 0.25) is 0 Å². The van der Waals surface area contributed by atoms with Crippen LogP contribution in [0.15, 0.2) is 61.5 Å². The first-order valence-corrected chi connectivity index (χ1v) is 8.61. The van der Waals surface area contributed by atoms with E-state index in [1.165, 1.54) is 17.4 Å². The van der Waals surface area contributed by atoms with Gasteiger partial charge in [0.1, 0.15) is 11.1 Å². The predicted molar refractivity (Wildman–Crippen MR) is 93.9 cm³/mol. The first kappa shape index (κ1) is 16.2. The van der Waals surface area contributed by atoms with E-state index >= 15 is 0 Å². The topological polar surface area (TPSA) is 95.4 Å². The minimum atomic E-state index is -0.812. The van der Waals surface area contributed by atoms with Crippen LogP contribution in [0, 0.1) is 0 Å². The summed E-state index contributed by atoms with van der Waals surface area (Å²) in [7, 11) is 0. The van der Waals surface area contributed by atoms with E-state index in [1.807, 2.05) is 17.5 Å². The molecule has 3 aromatic heterocycles. The summed E-state index contributed by atoms with van der Waals surface area (Å²) in [6.07, 6.45) is -0.811. The van der Waals surface area contributed by atoms with E-state index in [2.05, 4.69) is 10.2 Å². The summed E-state index contributed by atoms with van der Waals surface area (Å²) in [5, 5.41) is 10.4. The van der Waals surface area contributed by atoms with Crippen molar-refractivity contribution in [2.45, 2.75) is 13.0 Å². The van der Waals surface area contributed by atoms with Crippen LogP contribution in [0.3, 0.4) is 0 Å². The summed E-state index contributed by atoms with van der Waals surface area (Å²) in [6, 6.07) is 12.1. The Morgan fingerprint density at radius 1 is 1.15 bits per heavy atom. The first-order valence-electron chi connectivity index (χ1n) is 7.73. The molecule has 0 N–H and O–H groups in total. The quantitative estimate of drug-likeness (QED) is 0.399. The summed E-state index contributed by atoms with van der Waals surface area (Å²) in [5.41, 5.74) is -0.543. The fourth-order valence-corrected chi connectivity index (χ4v) is 3.02. The maximum atomic E-state index is 12.4. The van der Waals surface area contributed by atoms with Crippen LogP contribution < -0.4 is 5.63 Å². The summed E-state index contributed by atoms with van der Waals surface area (Å²) in [4.78, 5) is 25.2. The Kier molecular flexibility index (Phi) is 4.10. The minimum Gasteiger partial charge on any atom is -0.449 e. The maximum absolute atomic E-state index is 12.4. The van der Waals surface area contributed by atoms with Crippen molar-refractivity contribution in [3.05, 3.63) is 69.7 Å². The molecule has 26 heavy (non-hydrogen) atoms. The second-order valence-corrected chi connectivity index (χ2v) is 6.40. The van der Waals surface area contributed by atoms with Gasteiger partial charge in [-0.2, -0.15) is 0 Å². The largest absolute Gasteiger partial charge is 0.449 e. The molecule has 0 aliphatic heterocycles. The molecule has 0 spiro atoms. The number of hydrogen-bond acceptors (Lipinski definition) is 8. The Balaban J connectivity index is 1.56. The number of para-hydroxylation sites is 1. The van der Waals surface area contributed by atoms with E-state index in [4.69, 9.17) is 13.6 Å². The lowest BCUT2D eigenvalue weighted by atomic mass is 10.2. The molecule has 0 aliphatic rings. The zero-order chi connectivity index (χ0) is 18.1. The van der Waals surface area contributed by atoms with Gasteiger partial charge in [-0.05, 0) is 30.5 Å². The average molecular weight is 368 g/mol. The van der Waals surface area contributed by atoms with Gasteiger partial charge in [-0.3, -0.25) is 0 Å². The highest BCUT2D eigenvalue weighted by molar-refractivity contribution is 7.13. The van der Waals surface area contributed by atoms with Crippen molar-refractivity contribution in [1.82, 2.24) is 10.2 Å². The lowest BCUT2D eigenvalue weighted by Gasteiger charge is -2.09. The molecule has 0 fully saturated rings. The van der Waals surface area contributed by atoms with E-state index in [0.29, 0.717) is 16.9 Å². The van der Waals surface area contributed by atoms with E-state index in [9.17, 15) is 9.59 Å². The molecular formula is C18H12N2O5S. The molecule has 8 heteroatoms. The second-order valence-electron chi connectivity index (χ2n) is 5.46. The molecule has 3 heterocycles. The van der Waals surface area contributed by atoms with Gasteiger partial charge in [0.25, 0.3) is 11.8 Å². The molecule has 0 saturated carbocycles. The number of thiophene rings is 1. The monoisotopic (exact) mass is 368 g/mol. The summed E-state index contributed by atoms with van der Waals surface area (Å²) >= 11 is 1.46. The number of ether oxygens (including phenoxy) is 1. The van der Waals surface area contributed by atoms with Crippen molar-refractivity contribution in [1.29, 1.82) is 0 Å². The molecule has 4 rings (SSSR count).